The number of hydrogen-bond donors (Lipinski definition) is 2. The number of anilines is 4. The molecule has 11 rings (SSSR count). The maximum absolute atomic E-state index is 18.0. The van der Waals surface area contributed by atoms with Crippen LogP contribution in [0.2, 0.25) is 0 Å². The predicted octanol–water partition coefficient (Wildman–Crippen LogP) is 6.64. The number of β-amino-alcohol motifs (C(OH)–C–C–N with tert-alkyl or cyclic N) is 1. The lowest BCUT2D eigenvalue weighted by molar-refractivity contribution is 0.0158. The van der Waals surface area contributed by atoms with Crippen molar-refractivity contribution in [3.63, 3.8) is 0 Å². The Hall–Kier alpha value is -6.14. The number of nitrogens with zero attached hydrogens (tertiary/aromatic N) is 12. The van der Waals surface area contributed by atoms with E-state index in [-0.39, 0.29) is 36.5 Å². The number of rotatable bonds is 13. The number of aromatic nitrogens is 8. The number of aliphatic hydroxyl groups excluding tert-OH is 2. The van der Waals surface area contributed by atoms with Gasteiger partial charge in [0.2, 0.25) is 0 Å². The van der Waals surface area contributed by atoms with Crippen LogP contribution >= 0.6 is 0 Å². The number of pyridine rings is 4. The monoisotopic (exact) mass is 928 g/mol. The third-order valence-electron chi connectivity index (χ3n) is 15.1. The summed E-state index contributed by atoms with van der Waals surface area (Å²) < 4.78 is 45.1. The van der Waals surface area contributed by atoms with E-state index < -0.39 is 23.4 Å². The van der Waals surface area contributed by atoms with E-state index >= 15 is 8.78 Å². The Kier molecular flexibility index (Phi) is 11.6. The Labute approximate surface area is 393 Å². The third kappa shape index (κ3) is 8.01. The highest BCUT2D eigenvalue weighted by Crippen LogP contribution is 2.56. The Morgan fingerprint density at radius 3 is 1.97 bits per heavy atom. The minimum Gasteiger partial charge on any atom is -0.495 e. The molecule has 3 aliphatic heterocycles. The van der Waals surface area contributed by atoms with Crippen LogP contribution in [0.15, 0.2) is 55.0 Å². The van der Waals surface area contributed by atoms with Crippen molar-refractivity contribution in [2.45, 2.75) is 93.0 Å². The second-order valence-electron chi connectivity index (χ2n) is 19.3. The van der Waals surface area contributed by atoms with Crippen LogP contribution in [0, 0.1) is 0 Å². The first-order valence-corrected chi connectivity index (χ1v) is 24.1. The Balaban J connectivity index is 0.875. The largest absolute Gasteiger partial charge is 0.495 e. The molecule has 68 heavy (non-hydrogen) atoms. The molecular weight excluding hydrogens is 871 g/mol. The van der Waals surface area contributed by atoms with Gasteiger partial charge in [0.15, 0.2) is 23.0 Å². The molecule has 9 heterocycles. The average Bonchev–Trinajstić information content (AvgIpc) is 3.99. The zero-order valence-corrected chi connectivity index (χ0v) is 38.9. The van der Waals surface area contributed by atoms with E-state index in [9.17, 15) is 10.2 Å². The smallest absolute Gasteiger partial charge is 0.178 e. The maximum atomic E-state index is 18.0. The highest BCUT2D eigenvalue weighted by atomic mass is 19.1. The first kappa shape index (κ1) is 44.4. The van der Waals surface area contributed by atoms with Crippen molar-refractivity contribution in [3.05, 3.63) is 83.7 Å². The normalized spacial score (nSPS) is 23.0. The van der Waals surface area contributed by atoms with Gasteiger partial charge in [0.25, 0.3) is 0 Å². The van der Waals surface area contributed by atoms with Crippen molar-refractivity contribution in [2.24, 2.45) is 0 Å². The third-order valence-corrected chi connectivity index (χ3v) is 15.1. The number of hydrogen-bond acceptors (Lipinski definition) is 16. The SMILES string of the molecule is COc1cccnc1C1CCN(c2nc(C3(F)CCC3c3ccc(OC)c(C4CCN(c5nc(C6(F)CC6)nc6cnc(N(C)CCO)cc56)CC4)n3)nc3cnc(N4CC[C@@H](O)C4)cc23)CC1. The second kappa shape index (κ2) is 17.7. The fourth-order valence-corrected chi connectivity index (χ4v) is 10.7. The molecule has 6 aromatic heterocycles. The molecule has 0 aromatic carbocycles. The maximum Gasteiger partial charge on any atom is 0.178 e. The average molecular weight is 929 g/mol. The molecule has 0 radical (unpaired) electrons. The van der Waals surface area contributed by atoms with Crippen LogP contribution < -0.4 is 29.1 Å². The fourth-order valence-electron chi connectivity index (χ4n) is 10.7. The van der Waals surface area contributed by atoms with Gasteiger partial charge < -0.3 is 39.3 Å². The molecule has 356 valence electrons. The summed E-state index contributed by atoms with van der Waals surface area (Å²) in [4.78, 5) is 47.2. The number of halogens is 2. The zero-order chi connectivity index (χ0) is 46.7. The number of alkyl halides is 2. The molecule has 0 bridgehead atoms. The zero-order valence-electron chi connectivity index (χ0n) is 38.9. The summed E-state index contributed by atoms with van der Waals surface area (Å²) in [6, 6.07) is 11.5. The number of likely N-dealkylation sites (N-methyl/N-ethyl adjacent to an activating group) is 1. The lowest BCUT2D eigenvalue weighted by Crippen LogP contribution is -2.41. The Bertz CT molecular complexity index is 2840. The van der Waals surface area contributed by atoms with Crippen LogP contribution in [0.1, 0.15) is 104 Å². The quantitative estimate of drug-likeness (QED) is 0.126. The van der Waals surface area contributed by atoms with Crippen LogP contribution in [0.25, 0.3) is 21.8 Å². The van der Waals surface area contributed by atoms with Gasteiger partial charge >= 0.3 is 0 Å². The van der Waals surface area contributed by atoms with Crippen molar-refractivity contribution in [2.75, 3.05) is 93.3 Å². The number of fused-ring (bicyclic) bond motifs is 2. The van der Waals surface area contributed by atoms with E-state index in [0.717, 1.165) is 46.6 Å². The van der Waals surface area contributed by atoms with Crippen LogP contribution in [0.4, 0.5) is 32.1 Å². The molecule has 0 amide bonds. The van der Waals surface area contributed by atoms with Gasteiger partial charge in [-0.25, -0.2) is 38.7 Å². The van der Waals surface area contributed by atoms with E-state index in [1.54, 1.807) is 26.6 Å². The van der Waals surface area contributed by atoms with E-state index in [1.807, 2.05) is 54.5 Å². The number of ether oxygens (including phenoxy) is 2. The summed E-state index contributed by atoms with van der Waals surface area (Å²) >= 11 is 0. The Morgan fingerprint density at radius 2 is 1.34 bits per heavy atom. The van der Waals surface area contributed by atoms with E-state index in [1.165, 1.54) is 0 Å². The van der Waals surface area contributed by atoms with Gasteiger partial charge in [0, 0.05) is 93.3 Å². The van der Waals surface area contributed by atoms with Crippen molar-refractivity contribution in [1.29, 1.82) is 0 Å². The van der Waals surface area contributed by atoms with Crippen molar-refractivity contribution < 1.29 is 28.5 Å². The van der Waals surface area contributed by atoms with E-state index in [4.69, 9.17) is 34.4 Å². The summed E-state index contributed by atoms with van der Waals surface area (Å²) in [5.41, 5.74) is 0.151. The second-order valence-corrected chi connectivity index (χ2v) is 19.3. The predicted molar refractivity (Wildman–Crippen MR) is 255 cm³/mol. The minimum atomic E-state index is -1.87. The lowest BCUT2D eigenvalue weighted by Gasteiger charge is -2.42. The molecular formula is C50H58F2N12O4. The summed E-state index contributed by atoms with van der Waals surface area (Å²) in [6.45, 7) is 4.21. The van der Waals surface area contributed by atoms with Gasteiger partial charge in [0.1, 0.15) is 34.8 Å². The molecule has 5 fully saturated rings. The lowest BCUT2D eigenvalue weighted by atomic mass is 9.68. The van der Waals surface area contributed by atoms with Gasteiger partial charge in [-0.05, 0) is 94.2 Å². The van der Waals surface area contributed by atoms with Crippen LogP contribution in [0.3, 0.4) is 0 Å². The standard InChI is InChI=1S/C50H58F2N12O4/c1-61(23-24-65)41-25-33-37(27-54-41)57-47(49(51)15-16-49)59-45(33)62-20-11-31(12-21-62)44-40(68-3)7-6-36(56-44)35-8-14-50(35,52)48-58-38-28-55-42(64-22-13-32(66)29-64)26-34(38)46(60-48)63-18-9-30(10-19-63)43-39(67-2)5-4-17-53-43/h4-7,17,25-28,30-32,35,65-66H,8-16,18-24,29H2,1-3H3/t32-,35?,50?/m1/s1. The summed E-state index contributed by atoms with van der Waals surface area (Å²) in [5, 5.41) is 21.5. The number of methoxy groups -OCH3 is 2. The first-order chi connectivity index (χ1) is 33.0. The molecule has 18 heteroatoms. The van der Waals surface area contributed by atoms with Gasteiger partial charge in [0.05, 0.1) is 61.7 Å². The number of piperidine rings is 2. The molecule has 16 nitrogen and oxygen atoms in total. The number of aliphatic hydroxyl groups is 2. The summed E-state index contributed by atoms with van der Waals surface area (Å²) in [5.74, 6) is 4.19. The van der Waals surface area contributed by atoms with Crippen LogP contribution in [0.5, 0.6) is 11.5 Å². The van der Waals surface area contributed by atoms with Crippen LogP contribution in [-0.2, 0) is 11.3 Å². The molecule has 0 spiro atoms. The van der Waals surface area contributed by atoms with E-state index in [0.29, 0.717) is 124 Å². The Morgan fingerprint density at radius 1 is 0.706 bits per heavy atom. The van der Waals surface area contributed by atoms with Gasteiger partial charge in [-0.1, -0.05) is 0 Å². The molecule has 5 aliphatic rings. The highest BCUT2D eigenvalue weighted by Gasteiger charge is 2.54. The van der Waals surface area contributed by atoms with Gasteiger partial charge in [-0.3, -0.25) is 9.97 Å². The van der Waals surface area contributed by atoms with Crippen molar-refractivity contribution in [3.8, 4) is 11.5 Å². The summed E-state index contributed by atoms with van der Waals surface area (Å²) in [6.07, 6.45) is 10.2. The van der Waals surface area contributed by atoms with Crippen molar-refractivity contribution >= 4 is 45.1 Å². The van der Waals surface area contributed by atoms with E-state index in [2.05, 4.69) is 29.7 Å². The van der Waals surface area contributed by atoms with Crippen LogP contribution in [-0.4, -0.2) is 130 Å². The molecule has 2 unspecified atom stereocenters. The minimum absolute atomic E-state index is 0.0150. The van der Waals surface area contributed by atoms with Gasteiger partial charge in [-0.2, -0.15) is 0 Å². The molecule has 3 atom stereocenters. The van der Waals surface area contributed by atoms with Crippen molar-refractivity contribution in [1.82, 2.24) is 39.9 Å². The topological polar surface area (TPSA) is 175 Å². The molecule has 3 saturated heterocycles. The van der Waals surface area contributed by atoms with Gasteiger partial charge in [-0.15, -0.1) is 0 Å². The molecule has 2 aliphatic carbocycles. The fraction of sp³-hybridized carbons (Fsp3) is 0.520. The summed E-state index contributed by atoms with van der Waals surface area (Å²) in [7, 11) is 5.18. The molecule has 2 N–H and O–H groups in total. The molecule has 2 saturated carbocycles. The first-order valence-electron chi connectivity index (χ1n) is 24.1. The molecule has 6 aromatic rings. The highest BCUT2D eigenvalue weighted by molar-refractivity contribution is 5.92.